The molecule has 8 atom stereocenters. The van der Waals surface area contributed by atoms with E-state index in [9.17, 15) is 14.3 Å². The summed E-state index contributed by atoms with van der Waals surface area (Å²) in [6.45, 7) is 5.70. The molecule has 4 fully saturated rings. The number of para-hydroxylation sites is 1. The summed E-state index contributed by atoms with van der Waals surface area (Å²) in [6, 6.07) is 5.15. The van der Waals surface area contributed by atoms with Crippen LogP contribution < -0.4 is 4.90 Å². The van der Waals surface area contributed by atoms with Gasteiger partial charge in [-0.15, -0.1) is 0 Å². The lowest BCUT2D eigenvalue weighted by Crippen LogP contribution is -2.57. The van der Waals surface area contributed by atoms with Crippen molar-refractivity contribution in [2.75, 3.05) is 11.4 Å². The minimum absolute atomic E-state index is 0.0798. The van der Waals surface area contributed by atoms with Gasteiger partial charge in [-0.25, -0.2) is 4.39 Å². The Morgan fingerprint density at radius 3 is 2.77 bits per heavy atom. The van der Waals surface area contributed by atoms with Crippen molar-refractivity contribution in [1.82, 2.24) is 0 Å². The van der Waals surface area contributed by atoms with Crippen LogP contribution in [-0.4, -0.2) is 23.7 Å². The highest BCUT2D eigenvalue weighted by atomic mass is 19.1. The second kappa shape index (κ2) is 8.85. The number of anilines is 1. The first-order valence-corrected chi connectivity index (χ1v) is 14.6. The van der Waals surface area contributed by atoms with E-state index < -0.39 is 0 Å². The number of carbonyl (C=O) groups excluding carboxylic acids is 1. The van der Waals surface area contributed by atoms with Crippen LogP contribution in [0.4, 0.5) is 10.1 Å². The number of halogens is 1. The number of aliphatic hydroxyl groups excluding tert-OH is 1. The molecule has 1 N–H and O–H groups in total. The Balaban J connectivity index is 1.11. The van der Waals surface area contributed by atoms with Crippen LogP contribution in [0.3, 0.4) is 0 Å². The third-order valence-corrected chi connectivity index (χ3v) is 12.0. The summed E-state index contributed by atoms with van der Waals surface area (Å²) in [5.74, 6) is 2.99. The lowest BCUT2D eigenvalue weighted by molar-refractivity contribution is -0.162. The maximum absolute atomic E-state index is 14.4. The van der Waals surface area contributed by atoms with Gasteiger partial charge < -0.3 is 10.0 Å². The van der Waals surface area contributed by atoms with Crippen LogP contribution in [0.2, 0.25) is 0 Å². The minimum atomic E-state index is -0.267. The van der Waals surface area contributed by atoms with Crippen molar-refractivity contribution >= 4 is 11.6 Å². The molecule has 192 valence electrons. The van der Waals surface area contributed by atoms with Gasteiger partial charge in [0.25, 0.3) is 0 Å². The van der Waals surface area contributed by atoms with Crippen LogP contribution in [0.1, 0.15) is 96.5 Å². The molecule has 0 spiro atoms. The van der Waals surface area contributed by atoms with Crippen molar-refractivity contribution in [3.05, 3.63) is 29.6 Å². The van der Waals surface area contributed by atoms with E-state index in [1.807, 2.05) is 6.07 Å². The fourth-order valence-corrected chi connectivity index (χ4v) is 10.1. The Labute approximate surface area is 210 Å². The molecule has 0 radical (unpaired) electrons. The van der Waals surface area contributed by atoms with Gasteiger partial charge in [0.1, 0.15) is 5.82 Å². The minimum Gasteiger partial charge on any atom is -0.393 e. The maximum atomic E-state index is 14.4. The third kappa shape index (κ3) is 3.71. The van der Waals surface area contributed by atoms with E-state index in [4.69, 9.17) is 0 Å². The van der Waals surface area contributed by atoms with Crippen molar-refractivity contribution in [3.8, 4) is 0 Å². The topological polar surface area (TPSA) is 40.5 Å². The van der Waals surface area contributed by atoms with Crippen LogP contribution in [0.5, 0.6) is 0 Å². The van der Waals surface area contributed by atoms with Gasteiger partial charge in [-0.1, -0.05) is 38.8 Å². The second-order valence-corrected chi connectivity index (χ2v) is 13.3. The van der Waals surface area contributed by atoms with Gasteiger partial charge in [0, 0.05) is 13.0 Å². The number of nitrogens with zero attached hydrogens (tertiary/aromatic N) is 1. The number of aliphatic hydroxyl groups is 1. The van der Waals surface area contributed by atoms with Crippen LogP contribution in [0.25, 0.3) is 0 Å². The molecule has 0 saturated heterocycles. The Morgan fingerprint density at radius 2 is 1.91 bits per heavy atom. The highest BCUT2D eigenvalue weighted by Gasteiger charge is 2.61. The van der Waals surface area contributed by atoms with Crippen molar-refractivity contribution in [2.24, 2.45) is 40.4 Å². The van der Waals surface area contributed by atoms with Crippen molar-refractivity contribution in [2.45, 2.75) is 103 Å². The zero-order valence-corrected chi connectivity index (χ0v) is 21.8. The monoisotopic (exact) mass is 481 g/mol. The summed E-state index contributed by atoms with van der Waals surface area (Å²) in [7, 11) is 0. The zero-order valence-electron chi connectivity index (χ0n) is 21.8. The van der Waals surface area contributed by atoms with Gasteiger partial charge in [0.15, 0.2) is 0 Å². The van der Waals surface area contributed by atoms with Gasteiger partial charge in [0.05, 0.1) is 11.8 Å². The molecule has 4 saturated carbocycles. The number of hydrogen-bond acceptors (Lipinski definition) is 2. The first-order chi connectivity index (χ1) is 16.8. The number of fused-ring (bicyclic) bond motifs is 6. The van der Waals surface area contributed by atoms with Crippen LogP contribution >= 0.6 is 0 Å². The van der Waals surface area contributed by atoms with Gasteiger partial charge in [-0.05, 0) is 116 Å². The summed E-state index contributed by atoms with van der Waals surface area (Å²) < 4.78 is 14.4. The van der Waals surface area contributed by atoms with E-state index in [1.165, 1.54) is 57.4 Å². The van der Waals surface area contributed by atoms with Gasteiger partial charge in [0.2, 0.25) is 5.91 Å². The Kier molecular flexibility index (Phi) is 6.06. The Bertz CT molecular complexity index is 979. The second-order valence-electron chi connectivity index (χ2n) is 13.3. The Hall–Kier alpha value is -1.42. The summed E-state index contributed by atoms with van der Waals surface area (Å²) in [5, 5.41) is 11.4. The molecule has 1 amide bonds. The summed E-state index contributed by atoms with van der Waals surface area (Å²) in [4.78, 5) is 14.7. The smallest absolute Gasteiger partial charge is 0.227 e. The number of amides is 1. The van der Waals surface area contributed by atoms with Crippen molar-refractivity contribution in [1.29, 1.82) is 0 Å². The van der Waals surface area contributed by atoms with Gasteiger partial charge in [-0.2, -0.15) is 0 Å². The molecular weight excluding hydrogens is 437 g/mol. The van der Waals surface area contributed by atoms with Crippen molar-refractivity contribution < 1.29 is 14.3 Å². The first kappa shape index (κ1) is 23.9. The third-order valence-electron chi connectivity index (χ3n) is 12.0. The van der Waals surface area contributed by atoms with Gasteiger partial charge >= 0.3 is 0 Å². The maximum Gasteiger partial charge on any atom is 0.227 e. The van der Waals surface area contributed by atoms with Crippen LogP contribution in [0.15, 0.2) is 18.2 Å². The van der Waals surface area contributed by atoms with E-state index >= 15 is 0 Å². The first-order valence-electron chi connectivity index (χ1n) is 14.6. The number of benzene rings is 1. The molecule has 4 aliphatic carbocycles. The molecular formula is C31H44FNO2. The van der Waals surface area contributed by atoms with E-state index in [2.05, 4.69) is 13.8 Å². The van der Waals surface area contributed by atoms with Crippen molar-refractivity contribution in [3.63, 3.8) is 0 Å². The Morgan fingerprint density at radius 1 is 1.09 bits per heavy atom. The quantitative estimate of drug-likeness (QED) is 0.508. The van der Waals surface area contributed by atoms with Crippen LogP contribution in [0, 0.1) is 46.2 Å². The summed E-state index contributed by atoms with van der Waals surface area (Å²) >= 11 is 0. The fourth-order valence-electron chi connectivity index (χ4n) is 10.1. The SMILES string of the molecule is CC12CCC3C(C(O)CC4CCCCC43C)C1CCC2CCCC(=O)N1CCc2cccc(F)c21. The van der Waals surface area contributed by atoms with E-state index in [0.29, 0.717) is 53.2 Å². The molecule has 1 aromatic carbocycles. The molecule has 0 bridgehead atoms. The number of hydrogen-bond donors (Lipinski definition) is 1. The number of carbonyl (C=O) groups is 1. The van der Waals surface area contributed by atoms with E-state index in [-0.39, 0.29) is 17.8 Å². The standard InChI is InChI=1S/C31H44FNO2/c1-30-16-4-3-8-22(30)19-26(34)28-23-13-12-21(31(23,2)17-14-24(28)30)9-6-11-27(35)33-18-15-20-7-5-10-25(32)29(20)33/h5,7,10,21-24,26,28,34H,3-4,6,8-9,11-19H2,1-2H3. The fraction of sp³-hybridized carbons (Fsp3) is 0.774. The molecule has 35 heavy (non-hydrogen) atoms. The summed E-state index contributed by atoms with van der Waals surface area (Å²) in [5.41, 5.74) is 2.22. The van der Waals surface area contributed by atoms with Gasteiger partial charge in [-0.3, -0.25) is 4.79 Å². The highest BCUT2D eigenvalue weighted by Crippen LogP contribution is 2.67. The lowest BCUT2D eigenvalue weighted by Gasteiger charge is -2.62. The summed E-state index contributed by atoms with van der Waals surface area (Å²) in [6.07, 6.45) is 14.6. The molecule has 8 unspecified atom stereocenters. The molecule has 3 nitrogen and oxygen atoms in total. The molecule has 1 heterocycles. The highest BCUT2D eigenvalue weighted by molar-refractivity contribution is 5.95. The van der Waals surface area contributed by atoms with Crippen LogP contribution in [-0.2, 0) is 11.2 Å². The predicted octanol–water partition coefficient (Wildman–Crippen LogP) is 6.90. The largest absolute Gasteiger partial charge is 0.393 e. The predicted molar refractivity (Wildman–Crippen MR) is 138 cm³/mol. The molecule has 1 aromatic rings. The molecule has 6 rings (SSSR count). The molecule has 0 aromatic heterocycles. The van der Waals surface area contributed by atoms with E-state index in [1.54, 1.807) is 11.0 Å². The average molecular weight is 482 g/mol. The average Bonchev–Trinajstić information content (AvgIpc) is 3.42. The molecule has 1 aliphatic heterocycles. The zero-order chi connectivity index (χ0) is 24.4. The molecule has 5 aliphatic rings. The van der Waals surface area contributed by atoms with E-state index in [0.717, 1.165) is 37.2 Å². The normalized spacial score (nSPS) is 42.2. The number of rotatable bonds is 4. The lowest BCUT2D eigenvalue weighted by atomic mass is 9.44. The molecule has 4 heteroatoms.